The van der Waals surface area contributed by atoms with E-state index in [4.69, 9.17) is 0 Å². The summed E-state index contributed by atoms with van der Waals surface area (Å²) < 4.78 is 0. The van der Waals surface area contributed by atoms with Crippen molar-refractivity contribution >= 4 is 11.3 Å². The molecular formula is C18H24N2S. The fraction of sp³-hybridized carbons (Fsp3) is 0.444. The van der Waals surface area contributed by atoms with Crippen LogP contribution in [0.3, 0.4) is 0 Å². The van der Waals surface area contributed by atoms with Crippen molar-refractivity contribution in [2.45, 2.75) is 25.8 Å². The molecule has 1 fully saturated rings. The van der Waals surface area contributed by atoms with E-state index in [2.05, 4.69) is 58.2 Å². The summed E-state index contributed by atoms with van der Waals surface area (Å²) in [5.74, 6) is 0. The van der Waals surface area contributed by atoms with Gasteiger partial charge in [0.15, 0.2) is 0 Å². The molecule has 1 atom stereocenters. The van der Waals surface area contributed by atoms with Crippen LogP contribution in [-0.4, -0.2) is 31.1 Å². The van der Waals surface area contributed by atoms with Gasteiger partial charge in [-0.2, -0.15) is 11.3 Å². The molecule has 3 heteroatoms. The summed E-state index contributed by atoms with van der Waals surface area (Å²) in [7, 11) is 0. The van der Waals surface area contributed by atoms with Gasteiger partial charge in [-0.1, -0.05) is 31.2 Å². The fourth-order valence-electron chi connectivity index (χ4n) is 3.11. The van der Waals surface area contributed by atoms with E-state index >= 15 is 0 Å². The zero-order chi connectivity index (χ0) is 14.5. The molecule has 0 saturated carbocycles. The van der Waals surface area contributed by atoms with E-state index in [1.807, 2.05) is 0 Å². The van der Waals surface area contributed by atoms with Crippen molar-refractivity contribution in [2.75, 3.05) is 26.2 Å². The lowest BCUT2D eigenvalue weighted by atomic mass is 9.97. The Kier molecular flexibility index (Phi) is 5.07. The van der Waals surface area contributed by atoms with Crippen LogP contribution in [0.25, 0.3) is 0 Å². The lowest BCUT2D eigenvalue weighted by molar-refractivity contribution is 0.241. The van der Waals surface area contributed by atoms with Crippen molar-refractivity contribution < 1.29 is 0 Å². The van der Waals surface area contributed by atoms with Crippen LogP contribution in [0.2, 0.25) is 0 Å². The summed E-state index contributed by atoms with van der Waals surface area (Å²) in [5, 5.41) is 8.00. The van der Waals surface area contributed by atoms with Crippen LogP contribution in [0.15, 0.2) is 41.1 Å². The molecule has 1 aliphatic heterocycles. The number of thiophene rings is 1. The Morgan fingerprint density at radius 2 is 1.95 bits per heavy atom. The first kappa shape index (κ1) is 14.8. The predicted molar refractivity (Wildman–Crippen MR) is 91.0 cm³/mol. The lowest BCUT2D eigenvalue weighted by Gasteiger charge is -2.30. The summed E-state index contributed by atoms with van der Waals surface area (Å²) in [6, 6.07) is 11.9. The zero-order valence-corrected chi connectivity index (χ0v) is 13.5. The molecule has 2 nitrogen and oxygen atoms in total. The number of benzene rings is 1. The summed E-state index contributed by atoms with van der Waals surface area (Å²) in [6.07, 6.45) is 2.34. The SMILES string of the molecule is CCc1ccc(C(c2ccsc2)N2CCCNCC2)cc1. The van der Waals surface area contributed by atoms with Crippen LogP contribution in [0.1, 0.15) is 36.1 Å². The molecule has 0 spiro atoms. The van der Waals surface area contributed by atoms with Gasteiger partial charge in [0.05, 0.1) is 6.04 Å². The maximum Gasteiger partial charge on any atom is 0.0610 e. The van der Waals surface area contributed by atoms with Crippen LogP contribution in [0, 0.1) is 0 Å². The maximum atomic E-state index is 3.51. The van der Waals surface area contributed by atoms with Crippen molar-refractivity contribution in [3.05, 3.63) is 57.8 Å². The smallest absolute Gasteiger partial charge is 0.0610 e. The Morgan fingerprint density at radius 1 is 1.10 bits per heavy atom. The summed E-state index contributed by atoms with van der Waals surface area (Å²) in [4.78, 5) is 2.63. The third kappa shape index (κ3) is 3.54. The molecule has 3 rings (SSSR count). The molecule has 112 valence electrons. The second-order valence-electron chi connectivity index (χ2n) is 5.69. The number of hydrogen-bond acceptors (Lipinski definition) is 3. The Bertz CT molecular complexity index is 525. The molecule has 0 bridgehead atoms. The van der Waals surface area contributed by atoms with Gasteiger partial charge in [-0.25, -0.2) is 0 Å². The van der Waals surface area contributed by atoms with Crippen molar-refractivity contribution in [3.63, 3.8) is 0 Å². The largest absolute Gasteiger partial charge is 0.315 e. The molecule has 1 saturated heterocycles. The van der Waals surface area contributed by atoms with Crippen LogP contribution < -0.4 is 5.32 Å². The average Bonchev–Trinajstić information content (AvgIpc) is 2.91. The van der Waals surface area contributed by atoms with Crippen molar-refractivity contribution in [1.29, 1.82) is 0 Å². The van der Waals surface area contributed by atoms with E-state index in [0.29, 0.717) is 6.04 Å². The Labute approximate surface area is 131 Å². The molecule has 2 aromatic rings. The monoisotopic (exact) mass is 300 g/mol. The van der Waals surface area contributed by atoms with Gasteiger partial charge in [0.2, 0.25) is 0 Å². The first-order valence-corrected chi connectivity index (χ1v) is 8.88. The highest BCUT2D eigenvalue weighted by atomic mass is 32.1. The minimum Gasteiger partial charge on any atom is -0.315 e. The van der Waals surface area contributed by atoms with Gasteiger partial charge in [0.25, 0.3) is 0 Å². The van der Waals surface area contributed by atoms with Crippen LogP contribution >= 0.6 is 11.3 Å². The van der Waals surface area contributed by atoms with E-state index in [1.165, 1.54) is 29.7 Å². The molecule has 0 amide bonds. The molecule has 0 aliphatic carbocycles. The average molecular weight is 300 g/mol. The molecule has 0 radical (unpaired) electrons. The van der Waals surface area contributed by atoms with Crippen LogP contribution in [0.5, 0.6) is 0 Å². The molecule has 1 N–H and O–H groups in total. The predicted octanol–water partition coefficient (Wildman–Crippen LogP) is 3.70. The highest BCUT2D eigenvalue weighted by Gasteiger charge is 2.23. The van der Waals surface area contributed by atoms with Gasteiger partial charge >= 0.3 is 0 Å². The fourth-order valence-corrected chi connectivity index (χ4v) is 3.78. The van der Waals surface area contributed by atoms with Gasteiger partial charge in [0.1, 0.15) is 0 Å². The van der Waals surface area contributed by atoms with Crippen LogP contribution in [0.4, 0.5) is 0 Å². The molecule has 1 aliphatic rings. The van der Waals surface area contributed by atoms with E-state index < -0.39 is 0 Å². The number of aryl methyl sites for hydroxylation is 1. The second-order valence-corrected chi connectivity index (χ2v) is 6.47. The first-order chi connectivity index (χ1) is 10.4. The lowest BCUT2D eigenvalue weighted by Crippen LogP contribution is -2.32. The minimum absolute atomic E-state index is 0.405. The molecule has 1 aromatic heterocycles. The van der Waals surface area contributed by atoms with E-state index in [0.717, 1.165) is 26.1 Å². The summed E-state index contributed by atoms with van der Waals surface area (Å²) >= 11 is 1.80. The number of nitrogens with one attached hydrogen (secondary N) is 1. The first-order valence-electron chi connectivity index (χ1n) is 7.94. The van der Waals surface area contributed by atoms with E-state index in [9.17, 15) is 0 Å². The highest BCUT2D eigenvalue weighted by molar-refractivity contribution is 7.08. The number of rotatable bonds is 4. The molecule has 2 heterocycles. The quantitative estimate of drug-likeness (QED) is 0.926. The Morgan fingerprint density at radius 3 is 2.67 bits per heavy atom. The Balaban J connectivity index is 1.91. The Hall–Kier alpha value is -1.16. The second kappa shape index (κ2) is 7.21. The topological polar surface area (TPSA) is 15.3 Å². The van der Waals surface area contributed by atoms with Crippen molar-refractivity contribution in [3.8, 4) is 0 Å². The third-order valence-corrected chi connectivity index (χ3v) is 5.00. The zero-order valence-electron chi connectivity index (χ0n) is 12.7. The molecule has 21 heavy (non-hydrogen) atoms. The van der Waals surface area contributed by atoms with E-state index in [-0.39, 0.29) is 0 Å². The molecular weight excluding hydrogens is 276 g/mol. The van der Waals surface area contributed by atoms with Crippen molar-refractivity contribution in [2.24, 2.45) is 0 Å². The highest BCUT2D eigenvalue weighted by Crippen LogP contribution is 2.30. The van der Waals surface area contributed by atoms with Gasteiger partial charge in [-0.3, -0.25) is 4.90 Å². The van der Waals surface area contributed by atoms with E-state index in [1.54, 1.807) is 11.3 Å². The number of hydrogen-bond donors (Lipinski definition) is 1. The molecule has 1 aromatic carbocycles. The maximum absolute atomic E-state index is 3.51. The normalized spacial score (nSPS) is 18.3. The molecule has 1 unspecified atom stereocenters. The van der Waals surface area contributed by atoms with Gasteiger partial charge < -0.3 is 5.32 Å². The van der Waals surface area contributed by atoms with Crippen LogP contribution in [-0.2, 0) is 6.42 Å². The van der Waals surface area contributed by atoms with Gasteiger partial charge in [0, 0.05) is 19.6 Å². The number of nitrogens with zero attached hydrogens (tertiary/aromatic N) is 1. The van der Waals surface area contributed by atoms with Crippen molar-refractivity contribution in [1.82, 2.24) is 10.2 Å². The summed E-state index contributed by atoms with van der Waals surface area (Å²) in [5.41, 5.74) is 4.28. The minimum atomic E-state index is 0.405. The van der Waals surface area contributed by atoms with Gasteiger partial charge in [-0.05, 0) is 52.9 Å². The summed E-state index contributed by atoms with van der Waals surface area (Å²) in [6.45, 7) is 6.74. The van der Waals surface area contributed by atoms with Gasteiger partial charge in [-0.15, -0.1) is 0 Å². The standard InChI is InChI=1S/C18H24N2S/c1-2-15-4-6-16(7-5-15)18(17-8-13-21-14-17)20-11-3-9-19-10-12-20/h4-8,13-14,18-19H,2-3,9-12H2,1H3. The third-order valence-electron chi connectivity index (χ3n) is 4.30.